The van der Waals surface area contributed by atoms with E-state index < -0.39 is 6.10 Å². The number of hydrogen-bond acceptors (Lipinski definition) is 2. The van der Waals surface area contributed by atoms with E-state index in [1.54, 1.807) is 18.2 Å². The molecule has 0 amide bonds. The fourth-order valence-corrected chi connectivity index (χ4v) is 2.03. The van der Waals surface area contributed by atoms with Crippen molar-refractivity contribution in [2.45, 2.75) is 39.3 Å². The molecular weight excluding hydrogens is 257 g/mol. The largest absolute Gasteiger partial charge is 0.388 e. The summed E-state index contributed by atoms with van der Waals surface area (Å²) in [6.07, 6.45) is -0.181. The zero-order chi connectivity index (χ0) is 13.2. The third kappa shape index (κ3) is 4.14. The van der Waals surface area contributed by atoms with E-state index in [0.29, 0.717) is 22.0 Å². The normalized spacial score (nSPS) is 15.7. The lowest BCUT2D eigenvalue weighted by Gasteiger charge is -2.29. The lowest BCUT2D eigenvalue weighted by atomic mass is 9.83. The lowest BCUT2D eigenvalue weighted by Crippen LogP contribution is -2.36. The molecule has 1 rings (SSSR count). The van der Waals surface area contributed by atoms with E-state index in [0.717, 1.165) is 0 Å². The first kappa shape index (κ1) is 14.8. The van der Waals surface area contributed by atoms with Gasteiger partial charge in [-0.15, -0.1) is 0 Å². The summed E-state index contributed by atoms with van der Waals surface area (Å²) in [6, 6.07) is 4.99. The minimum atomic E-state index is -0.658. The van der Waals surface area contributed by atoms with Gasteiger partial charge in [-0.2, -0.15) is 0 Å². The number of hydrogen-bond donors (Lipinski definition) is 2. The highest BCUT2D eigenvalue weighted by Crippen LogP contribution is 2.31. The van der Waals surface area contributed by atoms with Crippen LogP contribution in [-0.4, -0.2) is 11.1 Å². The summed E-state index contributed by atoms with van der Waals surface area (Å²) < 4.78 is 0. The summed E-state index contributed by atoms with van der Waals surface area (Å²) in [4.78, 5) is 0. The van der Waals surface area contributed by atoms with Crippen molar-refractivity contribution in [2.24, 2.45) is 11.1 Å². The molecule has 0 radical (unpaired) electrons. The Hall–Kier alpha value is -0.280. The maximum Gasteiger partial charge on any atom is 0.0819 e. The van der Waals surface area contributed by atoms with E-state index in [2.05, 4.69) is 0 Å². The van der Waals surface area contributed by atoms with Crippen molar-refractivity contribution in [1.29, 1.82) is 0 Å². The average Bonchev–Trinajstić information content (AvgIpc) is 2.15. The number of benzene rings is 1. The van der Waals surface area contributed by atoms with Gasteiger partial charge < -0.3 is 10.8 Å². The SMILES string of the molecule is CC(C)(C)[C@H](N)C[C@@H](O)c1ccc(Cl)cc1Cl. The zero-order valence-electron chi connectivity index (χ0n) is 10.4. The molecule has 0 fully saturated rings. The molecule has 0 aromatic heterocycles. The molecule has 0 bridgehead atoms. The van der Waals surface area contributed by atoms with Gasteiger partial charge in [-0.3, -0.25) is 0 Å². The van der Waals surface area contributed by atoms with Crippen molar-refractivity contribution in [3.63, 3.8) is 0 Å². The van der Waals surface area contributed by atoms with E-state index in [-0.39, 0.29) is 11.5 Å². The molecule has 2 nitrogen and oxygen atoms in total. The average molecular weight is 276 g/mol. The molecule has 0 heterocycles. The molecule has 0 unspecified atom stereocenters. The van der Waals surface area contributed by atoms with Gasteiger partial charge in [0, 0.05) is 16.1 Å². The summed E-state index contributed by atoms with van der Waals surface area (Å²) >= 11 is 11.8. The molecule has 2 atom stereocenters. The van der Waals surface area contributed by atoms with Crippen LogP contribution in [0.25, 0.3) is 0 Å². The van der Waals surface area contributed by atoms with Crippen molar-refractivity contribution < 1.29 is 5.11 Å². The predicted molar refractivity (Wildman–Crippen MR) is 73.5 cm³/mol. The Morgan fingerprint density at radius 3 is 2.35 bits per heavy atom. The summed E-state index contributed by atoms with van der Waals surface area (Å²) in [5, 5.41) is 11.2. The van der Waals surface area contributed by atoms with Gasteiger partial charge in [0.15, 0.2) is 0 Å². The van der Waals surface area contributed by atoms with Crippen molar-refractivity contribution in [3.05, 3.63) is 33.8 Å². The van der Waals surface area contributed by atoms with E-state index in [4.69, 9.17) is 28.9 Å². The molecule has 17 heavy (non-hydrogen) atoms. The third-order valence-electron chi connectivity index (χ3n) is 2.91. The van der Waals surface area contributed by atoms with Crippen molar-refractivity contribution >= 4 is 23.2 Å². The van der Waals surface area contributed by atoms with E-state index in [1.165, 1.54) is 0 Å². The maximum atomic E-state index is 10.1. The van der Waals surface area contributed by atoms with Crippen LogP contribution in [0.4, 0.5) is 0 Å². The van der Waals surface area contributed by atoms with Gasteiger partial charge in [0.05, 0.1) is 6.10 Å². The van der Waals surface area contributed by atoms with Crippen LogP contribution in [0.1, 0.15) is 38.9 Å². The number of aliphatic hydroxyl groups excluding tert-OH is 1. The van der Waals surface area contributed by atoms with Crippen molar-refractivity contribution in [3.8, 4) is 0 Å². The topological polar surface area (TPSA) is 46.2 Å². The summed E-state index contributed by atoms with van der Waals surface area (Å²) in [6.45, 7) is 6.15. The number of aliphatic hydroxyl groups is 1. The molecular formula is C13H19Cl2NO. The molecule has 96 valence electrons. The van der Waals surface area contributed by atoms with Gasteiger partial charge in [0.25, 0.3) is 0 Å². The van der Waals surface area contributed by atoms with Gasteiger partial charge in [0.2, 0.25) is 0 Å². The first-order valence-electron chi connectivity index (χ1n) is 5.60. The molecule has 0 aliphatic rings. The fourth-order valence-electron chi connectivity index (χ4n) is 1.49. The first-order valence-corrected chi connectivity index (χ1v) is 6.36. The molecule has 0 saturated heterocycles. The second-order valence-corrected chi connectivity index (χ2v) is 6.23. The summed E-state index contributed by atoms with van der Waals surface area (Å²) in [5.74, 6) is 0. The fraction of sp³-hybridized carbons (Fsp3) is 0.538. The monoisotopic (exact) mass is 275 g/mol. The van der Waals surface area contributed by atoms with Gasteiger partial charge in [-0.1, -0.05) is 50.0 Å². The molecule has 0 aliphatic carbocycles. The van der Waals surface area contributed by atoms with Gasteiger partial charge in [-0.25, -0.2) is 0 Å². The van der Waals surface area contributed by atoms with Crippen LogP contribution in [0.3, 0.4) is 0 Å². The third-order valence-corrected chi connectivity index (χ3v) is 3.47. The van der Waals surface area contributed by atoms with Crippen LogP contribution in [0.2, 0.25) is 10.0 Å². The molecule has 0 aliphatic heterocycles. The minimum Gasteiger partial charge on any atom is -0.388 e. The number of halogens is 2. The Kier molecular flexibility index (Phi) is 4.85. The zero-order valence-corrected chi connectivity index (χ0v) is 11.9. The highest BCUT2D eigenvalue weighted by atomic mass is 35.5. The van der Waals surface area contributed by atoms with Crippen LogP contribution in [0.5, 0.6) is 0 Å². The van der Waals surface area contributed by atoms with Crippen molar-refractivity contribution in [1.82, 2.24) is 0 Å². The Labute approximate surface area is 113 Å². The molecule has 1 aromatic carbocycles. The highest BCUT2D eigenvalue weighted by molar-refractivity contribution is 6.35. The van der Waals surface area contributed by atoms with E-state index >= 15 is 0 Å². The minimum absolute atomic E-state index is 0.0418. The Morgan fingerprint density at radius 2 is 1.88 bits per heavy atom. The van der Waals surface area contributed by atoms with E-state index in [1.807, 2.05) is 20.8 Å². The smallest absolute Gasteiger partial charge is 0.0819 e. The number of rotatable bonds is 3. The summed E-state index contributed by atoms with van der Waals surface area (Å²) in [7, 11) is 0. The predicted octanol–water partition coefficient (Wildman–Crippen LogP) is 3.79. The highest BCUT2D eigenvalue weighted by Gasteiger charge is 2.24. The second kappa shape index (κ2) is 5.57. The molecule has 0 spiro atoms. The Bertz CT molecular complexity index is 387. The Balaban J connectivity index is 2.80. The van der Waals surface area contributed by atoms with E-state index in [9.17, 15) is 5.11 Å². The molecule has 4 heteroatoms. The van der Waals surface area contributed by atoms with Crippen LogP contribution >= 0.6 is 23.2 Å². The maximum absolute atomic E-state index is 10.1. The van der Waals surface area contributed by atoms with Crippen molar-refractivity contribution in [2.75, 3.05) is 0 Å². The Morgan fingerprint density at radius 1 is 1.29 bits per heavy atom. The van der Waals surface area contributed by atoms with Gasteiger partial charge >= 0.3 is 0 Å². The van der Waals surface area contributed by atoms with Gasteiger partial charge in [-0.05, 0) is 29.5 Å². The first-order chi connectivity index (χ1) is 7.71. The standard InChI is InChI=1S/C13H19Cl2NO/c1-13(2,3)12(16)7-11(17)9-5-4-8(14)6-10(9)15/h4-6,11-12,17H,7,16H2,1-3H3/t11-,12-/m1/s1. The molecule has 0 saturated carbocycles. The molecule has 3 N–H and O–H groups in total. The van der Waals surface area contributed by atoms with Crippen LogP contribution in [0.15, 0.2) is 18.2 Å². The van der Waals surface area contributed by atoms with Gasteiger partial charge in [0.1, 0.15) is 0 Å². The van der Waals surface area contributed by atoms with Crippen LogP contribution < -0.4 is 5.73 Å². The van der Waals surface area contributed by atoms with Crippen LogP contribution in [0, 0.1) is 5.41 Å². The quantitative estimate of drug-likeness (QED) is 0.882. The molecule has 1 aromatic rings. The van der Waals surface area contributed by atoms with Crippen LogP contribution in [-0.2, 0) is 0 Å². The lowest BCUT2D eigenvalue weighted by molar-refractivity contribution is 0.133. The summed E-state index contributed by atoms with van der Waals surface area (Å²) in [5.41, 5.74) is 6.67. The number of nitrogens with two attached hydrogens (primary N) is 1. The second-order valence-electron chi connectivity index (χ2n) is 5.39.